The zero-order valence-electron chi connectivity index (χ0n) is 9.43. The van der Waals surface area contributed by atoms with E-state index in [0.29, 0.717) is 6.61 Å². The number of phenolic OH excluding ortho intramolecular Hbond substituents is 1. The van der Waals surface area contributed by atoms with Gasteiger partial charge in [-0.05, 0) is 38.5 Å². The number of hydrogen-bond donors (Lipinski definition) is 1. The molecule has 1 aromatic carbocycles. The van der Waals surface area contributed by atoms with E-state index in [2.05, 4.69) is 0 Å². The first kappa shape index (κ1) is 12.0. The Bertz CT molecular complexity index is 279. The molecule has 1 rings (SSSR count). The van der Waals surface area contributed by atoms with Crippen LogP contribution in [0, 0.1) is 0 Å². The van der Waals surface area contributed by atoms with Crippen LogP contribution in [-0.4, -0.2) is 17.5 Å². The monoisotopic (exact) mass is 210 g/mol. The first-order valence-electron chi connectivity index (χ1n) is 5.13. The molecule has 0 fully saturated rings. The Kier molecular flexibility index (Phi) is 4.59. The summed E-state index contributed by atoms with van der Waals surface area (Å²) >= 11 is 0. The van der Waals surface area contributed by atoms with Gasteiger partial charge in [0.05, 0.1) is 12.7 Å². The molecule has 0 bridgehead atoms. The summed E-state index contributed by atoms with van der Waals surface area (Å²) in [6, 6.07) is 6.95. The fourth-order valence-corrected chi connectivity index (χ4v) is 1.23. The van der Waals surface area contributed by atoms with E-state index < -0.39 is 0 Å². The molecule has 0 aliphatic heterocycles. The highest BCUT2D eigenvalue weighted by atomic mass is 16.7. The first-order valence-corrected chi connectivity index (χ1v) is 5.13. The predicted octanol–water partition coefficient (Wildman–Crippen LogP) is 2.68. The van der Waals surface area contributed by atoms with Gasteiger partial charge in [-0.3, -0.25) is 0 Å². The Morgan fingerprint density at radius 1 is 1.13 bits per heavy atom. The summed E-state index contributed by atoms with van der Waals surface area (Å²) in [5.41, 5.74) is 1.02. The van der Waals surface area contributed by atoms with Gasteiger partial charge in [0.2, 0.25) is 0 Å². The van der Waals surface area contributed by atoms with E-state index in [0.717, 1.165) is 5.56 Å². The minimum atomic E-state index is -0.209. The van der Waals surface area contributed by atoms with Crippen LogP contribution < -0.4 is 0 Å². The molecule has 0 radical (unpaired) electrons. The van der Waals surface area contributed by atoms with Gasteiger partial charge in [0.15, 0.2) is 6.29 Å². The van der Waals surface area contributed by atoms with Crippen LogP contribution in [0.15, 0.2) is 24.3 Å². The van der Waals surface area contributed by atoms with E-state index in [1.54, 1.807) is 12.1 Å². The zero-order valence-corrected chi connectivity index (χ0v) is 9.43. The summed E-state index contributed by atoms with van der Waals surface area (Å²) in [6.07, 6.45) is -0.0429. The van der Waals surface area contributed by atoms with Gasteiger partial charge in [0.25, 0.3) is 0 Å². The van der Waals surface area contributed by atoms with Crippen LogP contribution in [0.3, 0.4) is 0 Å². The van der Waals surface area contributed by atoms with Crippen molar-refractivity contribution in [2.75, 3.05) is 0 Å². The van der Waals surface area contributed by atoms with Crippen LogP contribution >= 0.6 is 0 Å². The van der Waals surface area contributed by atoms with Crippen molar-refractivity contribution in [2.45, 2.75) is 39.8 Å². The lowest BCUT2D eigenvalue weighted by Crippen LogP contribution is -2.17. The summed E-state index contributed by atoms with van der Waals surface area (Å²) in [5, 5.41) is 9.09. The van der Waals surface area contributed by atoms with Gasteiger partial charge in [-0.25, -0.2) is 0 Å². The molecule has 3 nitrogen and oxygen atoms in total. The quantitative estimate of drug-likeness (QED) is 0.759. The molecule has 0 unspecified atom stereocenters. The third kappa shape index (κ3) is 4.81. The molecule has 0 heterocycles. The van der Waals surface area contributed by atoms with Crippen molar-refractivity contribution in [3.05, 3.63) is 29.8 Å². The molecule has 1 aromatic rings. The number of rotatable bonds is 5. The molecule has 0 aliphatic carbocycles. The second-order valence-corrected chi connectivity index (χ2v) is 3.73. The summed E-state index contributed by atoms with van der Waals surface area (Å²) in [6.45, 7) is 6.31. The Labute approximate surface area is 90.6 Å². The van der Waals surface area contributed by atoms with Crippen molar-refractivity contribution >= 4 is 0 Å². The smallest absolute Gasteiger partial charge is 0.155 e. The van der Waals surface area contributed by atoms with Crippen molar-refractivity contribution in [1.29, 1.82) is 0 Å². The average Bonchev–Trinajstić information content (AvgIpc) is 2.16. The van der Waals surface area contributed by atoms with Gasteiger partial charge in [0, 0.05) is 0 Å². The average molecular weight is 210 g/mol. The molecule has 15 heavy (non-hydrogen) atoms. The minimum absolute atomic E-state index is 0.166. The largest absolute Gasteiger partial charge is 0.508 e. The maximum atomic E-state index is 9.09. The Hall–Kier alpha value is -1.06. The first-order chi connectivity index (χ1) is 7.08. The van der Waals surface area contributed by atoms with Crippen molar-refractivity contribution in [3.63, 3.8) is 0 Å². The molecule has 1 N–H and O–H groups in total. The van der Waals surface area contributed by atoms with Crippen molar-refractivity contribution in [2.24, 2.45) is 0 Å². The van der Waals surface area contributed by atoms with Crippen LogP contribution in [0.25, 0.3) is 0 Å². The topological polar surface area (TPSA) is 38.7 Å². The summed E-state index contributed by atoms with van der Waals surface area (Å²) < 4.78 is 10.9. The lowest BCUT2D eigenvalue weighted by atomic mass is 10.2. The number of aromatic hydroxyl groups is 1. The number of hydrogen-bond acceptors (Lipinski definition) is 3. The van der Waals surface area contributed by atoms with Gasteiger partial charge in [0.1, 0.15) is 5.75 Å². The normalized spacial score (nSPS) is 13.1. The van der Waals surface area contributed by atoms with Crippen LogP contribution in [0.5, 0.6) is 5.75 Å². The second kappa shape index (κ2) is 5.73. The fourth-order valence-electron chi connectivity index (χ4n) is 1.23. The van der Waals surface area contributed by atoms with Crippen molar-refractivity contribution < 1.29 is 14.6 Å². The molecule has 1 atom stereocenters. The lowest BCUT2D eigenvalue weighted by Gasteiger charge is -2.16. The molecular weight excluding hydrogens is 192 g/mol. The minimum Gasteiger partial charge on any atom is -0.508 e. The molecule has 0 aromatic heterocycles. The maximum absolute atomic E-state index is 9.09. The lowest BCUT2D eigenvalue weighted by molar-refractivity contribution is -0.157. The molecule has 3 heteroatoms. The van der Waals surface area contributed by atoms with E-state index in [4.69, 9.17) is 14.6 Å². The third-order valence-electron chi connectivity index (χ3n) is 1.88. The molecule has 0 saturated heterocycles. The van der Waals surface area contributed by atoms with Crippen LogP contribution in [0.2, 0.25) is 0 Å². The highest BCUT2D eigenvalue weighted by Crippen LogP contribution is 2.11. The van der Waals surface area contributed by atoms with E-state index in [-0.39, 0.29) is 18.1 Å². The predicted molar refractivity (Wildman–Crippen MR) is 58.6 cm³/mol. The summed E-state index contributed by atoms with van der Waals surface area (Å²) in [7, 11) is 0. The second-order valence-electron chi connectivity index (χ2n) is 3.73. The van der Waals surface area contributed by atoms with Gasteiger partial charge >= 0.3 is 0 Å². The molecule has 0 aliphatic rings. The standard InChI is InChI=1S/C12H18O3/c1-9(2)15-10(3)14-8-11-4-6-12(13)7-5-11/h4-7,9-10,13H,8H2,1-3H3/t10-/m0/s1. The van der Waals surface area contributed by atoms with Gasteiger partial charge in [-0.15, -0.1) is 0 Å². The van der Waals surface area contributed by atoms with Crippen LogP contribution in [0.4, 0.5) is 0 Å². The maximum Gasteiger partial charge on any atom is 0.155 e. The highest BCUT2D eigenvalue weighted by molar-refractivity contribution is 5.25. The van der Waals surface area contributed by atoms with Crippen molar-refractivity contribution in [1.82, 2.24) is 0 Å². The fraction of sp³-hybridized carbons (Fsp3) is 0.500. The van der Waals surface area contributed by atoms with E-state index >= 15 is 0 Å². The van der Waals surface area contributed by atoms with E-state index in [1.165, 1.54) is 0 Å². The van der Waals surface area contributed by atoms with Gasteiger partial charge in [-0.2, -0.15) is 0 Å². The number of phenols is 1. The molecule has 0 saturated carbocycles. The number of ether oxygens (including phenoxy) is 2. The summed E-state index contributed by atoms with van der Waals surface area (Å²) in [4.78, 5) is 0. The Morgan fingerprint density at radius 3 is 2.27 bits per heavy atom. The van der Waals surface area contributed by atoms with Crippen molar-refractivity contribution in [3.8, 4) is 5.75 Å². The Balaban J connectivity index is 2.33. The molecule has 84 valence electrons. The Morgan fingerprint density at radius 2 is 1.73 bits per heavy atom. The van der Waals surface area contributed by atoms with Crippen LogP contribution in [-0.2, 0) is 16.1 Å². The zero-order chi connectivity index (χ0) is 11.3. The molecule has 0 spiro atoms. The van der Waals surface area contributed by atoms with Gasteiger partial charge < -0.3 is 14.6 Å². The SMILES string of the molecule is CC(C)O[C@@H](C)OCc1ccc(O)cc1. The molecular formula is C12H18O3. The number of benzene rings is 1. The van der Waals surface area contributed by atoms with Crippen LogP contribution in [0.1, 0.15) is 26.3 Å². The molecule has 0 amide bonds. The van der Waals surface area contributed by atoms with E-state index in [9.17, 15) is 0 Å². The van der Waals surface area contributed by atoms with Gasteiger partial charge in [-0.1, -0.05) is 12.1 Å². The third-order valence-corrected chi connectivity index (χ3v) is 1.88. The van der Waals surface area contributed by atoms with E-state index in [1.807, 2.05) is 32.9 Å². The highest BCUT2D eigenvalue weighted by Gasteiger charge is 2.04. The summed E-state index contributed by atoms with van der Waals surface area (Å²) in [5.74, 6) is 0.269.